The number of para-hydroxylation sites is 2. The second-order valence-electron chi connectivity index (χ2n) is 10.1. The number of imidazole rings is 1. The van der Waals surface area contributed by atoms with Gasteiger partial charge in [-0.05, 0) is 91.5 Å². The fraction of sp³-hybridized carbons (Fsp3) is 0.312. The van der Waals surface area contributed by atoms with E-state index in [-0.39, 0.29) is 5.91 Å². The number of ether oxygens (including phenoxy) is 2. The highest BCUT2D eigenvalue weighted by molar-refractivity contribution is 9.10. The van der Waals surface area contributed by atoms with E-state index in [1.165, 1.54) is 0 Å². The molecule has 8 heteroatoms. The maximum absolute atomic E-state index is 14.1. The highest BCUT2D eigenvalue weighted by Crippen LogP contribution is 2.44. The maximum Gasteiger partial charge on any atom is 0.255 e. The summed E-state index contributed by atoms with van der Waals surface area (Å²) in [5.74, 6) is 1.81. The average molecular weight is 604 g/mol. The summed E-state index contributed by atoms with van der Waals surface area (Å²) in [7, 11) is 0. The average Bonchev–Trinajstić information content (AvgIpc) is 3.30. The van der Waals surface area contributed by atoms with Crippen LogP contribution in [0.3, 0.4) is 0 Å². The molecule has 1 aromatic heterocycles. The van der Waals surface area contributed by atoms with Gasteiger partial charge in [-0.15, -0.1) is 0 Å². The number of hydrogen-bond donors (Lipinski definition) is 2. The number of carbonyl (C=O) groups is 1. The molecule has 1 aliphatic rings. The van der Waals surface area contributed by atoms with Crippen LogP contribution >= 0.6 is 15.9 Å². The topological polar surface area (TPSA) is 77.4 Å². The number of aromatic nitrogens is 2. The second-order valence-corrected chi connectivity index (χ2v) is 10.9. The molecule has 0 saturated carbocycles. The summed E-state index contributed by atoms with van der Waals surface area (Å²) in [5, 5.41) is 6.73. The minimum absolute atomic E-state index is 0.178. The summed E-state index contributed by atoms with van der Waals surface area (Å²) in [6.45, 7) is 11.2. The molecule has 3 aromatic carbocycles. The number of benzene rings is 3. The third-order valence-corrected chi connectivity index (χ3v) is 7.72. The van der Waals surface area contributed by atoms with Gasteiger partial charge in [-0.2, -0.15) is 0 Å². The van der Waals surface area contributed by atoms with Crippen molar-refractivity contribution in [3.8, 4) is 11.5 Å². The lowest BCUT2D eigenvalue weighted by atomic mass is 9.94. The van der Waals surface area contributed by atoms with Gasteiger partial charge < -0.3 is 20.1 Å². The predicted molar refractivity (Wildman–Crippen MR) is 165 cm³/mol. The van der Waals surface area contributed by atoms with Gasteiger partial charge in [0.25, 0.3) is 5.91 Å². The Labute approximate surface area is 243 Å². The van der Waals surface area contributed by atoms with Gasteiger partial charge in [-0.1, -0.05) is 43.2 Å². The van der Waals surface area contributed by atoms with Crippen LogP contribution in [0.2, 0.25) is 0 Å². The van der Waals surface area contributed by atoms with Gasteiger partial charge in [0, 0.05) is 11.4 Å². The molecule has 1 atom stereocenters. The lowest BCUT2D eigenvalue weighted by Gasteiger charge is -2.30. The monoisotopic (exact) mass is 602 g/mol. The van der Waals surface area contributed by atoms with Gasteiger partial charge in [0.1, 0.15) is 0 Å². The van der Waals surface area contributed by atoms with Gasteiger partial charge in [0.2, 0.25) is 5.95 Å². The molecule has 5 rings (SSSR count). The number of allylic oxidation sites excluding steroid dienone is 1. The highest BCUT2D eigenvalue weighted by atomic mass is 79.9. The van der Waals surface area contributed by atoms with E-state index in [1.807, 2.05) is 80.8 Å². The van der Waals surface area contributed by atoms with E-state index in [1.54, 1.807) is 0 Å². The van der Waals surface area contributed by atoms with Crippen LogP contribution in [0, 0.1) is 13.8 Å². The molecule has 0 bridgehead atoms. The fourth-order valence-electron chi connectivity index (χ4n) is 5.16. The number of unbranched alkanes of at least 4 members (excludes halogenated alkanes) is 1. The number of rotatable bonds is 9. The third-order valence-electron chi connectivity index (χ3n) is 7.13. The number of nitrogens with one attached hydrogen (secondary N) is 2. The minimum atomic E-state index is -0.477. The zero-order valence-corrected chi connectivity index (χ0v) is 25.2. The summed E-state index contributed by atoms with van der Waals surface area (Å²) in [6.07, 6.45) is 1.99. The molecule has 7 nitrogen and oxygen atoms in total. The molecule has 40 heavy (non-hydrogen) atoms. The van der Waals surface area contributed by atoms with Crippen molar-refractivity contribution < 1.29 is 14.3 Å². The van der Waals surface area contributed by atoms with Gasteiger partial charge >= 0.3 is 0 Å². The van der Waals surface area contributed by atoms with Crippen LogP contribution in [0.1, 0.15) is 56.3 Å². The molecule has 0 saturated heterocycles. The molecule has 208 valence electrons. The Morgan fingerprint density at radius 2 is 1.88 bits per heavy atom. The summed E-state index contributed by atoms with van der Waals surface area (Å²) in [4.78, 5) is 18.9. The van der Waals surface area contributed by atoms with E-state index in [9.17, 15) is 4.79 Å². The summed E-state index contributed by atoms with van der Waals surface area (Å²) in [5.41, 5.74) is 7.01. The minimum Gasteiger partial charge on any atom is -0.490 e. The van der Waals surface area contributed by atoms with Crippen molar-refractivity contribution in [2.24, 2.45) is 0 Å². The first-order chi connectivity index (χ1) is 19.3. The molecule has 4 aromatic rings. The van der Waals surface area contributed by atoms with Crippen LogP contribution in [0.15, 0.2) is 64.6 Å². The van der Waals surface area contributed by atoms with Crippen molar-refractivity contribution in [3.05, 3.63) is 81.3 Å². The van der Waals surface area contributed by atoms with E-state index in [2.05, 4.69) is 39.6 Å². The molecule has 0 fully saturated rings. The first-order valence-corrected chi connectivity index (χ1v) is 14.5. The number of carbonyl (C=O) groups excluding carboxylic acids is 1. The third kappa shape index (κ3) is 5.32. The fourth-order valence-corrected chi connectivity index (χ4v) is 5.73. The SMILES string of the molecule is CCCCOc1c(Br)cc([C@@H]2Nc3nc4ccccc4n3C(C)=C2C(=O)Nc2ccc(C)cc2C)cc1OCC. The highest BCUT2D eigenvalue weighted by Gasteiger charge is 2.34. The van der Waals surface area contributed by atoms with E-state index in [0.717, 1.165) is 56.4 Å². The molecular formula is C32H35BrN4O3. The van der Waals surface area contributed by atoms with Crippen LogP contribution < -0.4 is 20.1 Å². The van der Waals surface area contributed by atoms with E-state index in [4.69, 9.17) is 14.5 Å². The second kappa shape index (κ2) is 11.8. The van der Waals surface area contributed by atoms with Gasteiger partial charge in [-0.3, -0.25) is 9.36 Å². The summed E-state index contributed by atoms with van der Waals surface area (Å²) in [6, 6.07) is 17.4. The Hall–Kier alpha value is -3.78. The number of aryl methyl sites for hydroxylation is 2. The Morgan fingerprint density at radius 3 is 2.62 bits per heavy atom. The van der Waals surface area contributed by atoms with Crippen LogP contribution in [0.4, 0.5) is 11.6 Å². The number of amides is 1. The molecule has 2 heterocycles. The van der Waals surface area contributed by atoms with Crippen molar-refractivity contribution in [1.29, 1.82) is 0 Å². The normalized spacial score (nSPS) is 14.6. The molecule has 2 N–H and O–H groups in total. The van der Waals surface area contributed by atoms with Crippen molar-refractivity contribution in [2.75, 3.05) is 23.8 Å². The van der Waals surface area contributed by atoms with E-state index in [0.29, 0.717) is 36.2 Å². The molecule has 0 aliphatic carbocycles. The van der Waals surface area contributed by atoms with Crippen LogP contribution in [0.25, 0.3) is 16.7 Å². The number of anilines is 2. The largest absolute Gasteiger partial charge is 0.490 e. The number of nitrogens with zero attached hydrogens (tertiary/aromatic N) is 2. The van der Waals surface area contributed by atoms with E-state index < -0.39 is 6.04 Å². The van der Waals surface area contributed by atoms with Crippen molar-refractivity contribution in [2.45, 2.75) is 53.5 Å². The molecule has 0 radical (unpaired) electrons. The number of fused-ring (bicyclic) bond motifs is 3. The Kier molecular flexibility index (Phi) is 8.17. The number of hydrogen-bond acceptors (Lipinski definition) is 5. The summed E-state index contributed by atoms with van der Waals surface area (Å²) >= 11 is 3.72. The summed E-state index contributed by atoms with van der Waals surface area (Å²) < 4.78 is 14.9. The zero-order chi connectivity index (χ0) is 28.4. The Bertz CT molecular complexity index is 1610. The molecule has 1 aliphatic heterocycles. The first kappa shape index (κ1) is 27.8. The van der Waals surface area contributed by atoms with E-state index >= 15 is 0 Å². The molecule has 1 amide bonds. The predicted octanol–water partition coefficient (Wildman–Crippen LogP) is 8.03. The zero-order valence-electron chi connectivity index (χ0n) is 23.6. The Balaban J connectivity index is 1.63. The van der Waals surface area contributed by atoms with Gasteiger partial charge in [0.15, 0.2) is 11.5 Å². The van der Waals surface area contributed by atoms with Crippen molar-refractivity contribution >= 4 is 50.2 Å². The van der Waals surface area contributed by atoms with Crippen LogP contribution in [0.5, 0.6) is 11.5 Å². The van der Waals surface area contributed by atoms with Crippen molar-refractivity contribution in [3.63, 3.8) is 0 Å². The molecular weight excluding hydrogens is 568 g/mol. The molecule has 0 spiro atoms. The lowest BCUT2D eigenvalue weighted by molar-refractivity contribution is -0.113. The lowest BCUT2D eigenvalue weighted by Crippen LogP contribution is -2.30. The van der Waals surface area contributed by atoms with Gasteiger partial charge in [0.05, 0.1) is 40.3 Å². The molecule has 0 unspecified atom stereocenters. The standard InChI is InChI=1S/C32H35BrN4O3/c1-6-8-15-40-30-23(33)17-22(18-27(30)39-7-2)29-28(31(38)34-24-14-13-19(3)16-20(24)4)21(5)37-26-12-10-9-11-25(26)35-32(37)36-29/h9-14,16-18,29H,6-8,15H2,1-5H3,(H,34,38)(H,35,36)/t29-/m0/s1. The quantitative estimate of drug-likeness (QED) is 0.190. The smallest absolute Gasteiger partial charge is 0.255 e. The first-order valence-electron chi connectivity index (χ1n) is 13.7. The van der Waals surface area contributed by atoms with Crippen LogP contribution in [-0.2, 0) is 4.79 Å². The number of halogens is 1. The maximum atomic E-state index is 14.1. The van der Waals surface area contributed by atoms with Gasteiger partial charge in [-0.25, -0.2) is 4.98 Å². The van der Waals surface area contributed by atoms with Crippen LogP contribution in [-0.4, -0.2) is 28.7 Å². The van der Waals surface area contributed by atoms with Crippen molar-refractivity contribution in [1.82, 2.24) is 9.55 Å². The Morgan fingerprint density at radius 1 is 1.07 bits per heavy atom.